The van der Waals surface area contributed by atoms with E-state index < -0.39 is 6.43 Å². The molecule has 0 bridgehead atoms. The third-order valence-electron chi connectivity index (χ3n) is 1.61. The second-order valence-corrected chi connectivity index (χ2v) is 2.70. The molecular formula is C11H10F2O. The van der Waals surface area contributed by atoms with E-state index >= 15 is 0 Å². The first-order valence-electron chi connectivity index (χ1n) is 4.22. The molecule has 0 saturated carbocycles. The highest BCUT2D eigenvalue weighted by Crippen LogP contribution is 2.18. The highest BCUT2D eigenvalue weighted by molar-refractivity contribution is 5.37. The number of benzene rings is 1. The van der Waals surface area contributed by atoms with Gasteiger partial charge in [-0.25, -0.2) is 8.78 Å². The van der Waals surface area contributed by atoms with Crippen LogP contribution in [0.3, 0.4) is 0 Å². The van der Waals surface area contributed by atoms with Gasteiger partial charge in [-0.05, 0) is 12.1 Å². The van der Waals surface area contributed by atoms with Gasteiger partial charge in [-0.15, -0.1) is 0 Å². The predicted molar refractivity (Wildman–Crippen MR) is 50.0 cm³/mol. The minimum atomic E-state index is -2.46. The molecule has 1 aromatic carbocycles. The molecule has 1 nitrogen and oxygen atoms in total. The van der Waals surface area contributed by atoms with Gasteiger partial charge in [0.1, 0.15) is 0 Å². The van der Waals surface area contributed by atoms with Crippen LogP contribution in [-0.4, -0.2) is 11.7 Å². The lowest BCUT2D eigenvalue weighted by Gasteiger charge is -1.98. The monoisotopic (exact) mass is 196 g/mol. The van der Waals surface area contributed by atoms with Crippen molar-refractivity contribution in [1.29, 1.82) is 0 Å². The van der Waals surface area contributed by atoms with Crippen LogP contribution in [-0.2, 0) is 0 Å². The molecule has 14 heavy (non-hydrogen) atoms. The number of hydrogen-bond donors (Lipinski definition) is 1. The van der Waals surface area contributed by atoms with Gasteiger partial charge in [-0.2, -0.15) is 0 Å². The molecule has 0 aliphatic rings. The van der Waals surface area contributed by atoms with Crippen LogP contribution in [0.4, 0.5) is 8.78 Å². The van der Waals surface area contributed by atoms with Gasteiger partial charge in [0.05, 0.1) is 6.61 Å². The Bertz CT molecular complexity index is 350. The lowest BCUT2D eigenvalue weighted by Crippen LogP contribution is -1.85. The molecule has 1 N–H and O–H groups in total. The molecule has 0 spiro atoms. The third-order valence-corrected chi connectivity index (χ3v) is 1.61. The molecule has 0 fully saturated rings. The number of aliphatic hydroxyl groups is 1. The summed E-state index contributed by atoms with van der Waals surface area (Å²) < 4.78 is 24.5. The van der Waals surface area contributed by atoms with Crippen molar-refractivity contribution < 1.29 is 13.9 Å². The van der Waals surface area contributed by atoms with E-state index in [-0.39, 0.29) is 12.2 Å². The van der Waals surface area contributed by atoms with E-state index in [2.05, 4.69) is 11.8 Å². The third kappa shape index (κ3) is 3.15. The molecule has 0 atom stereocenters. The topological polar surface area (TPSA) is 20.2 Å². The van der Waals surface area contributed by atoms with E-state index in [0.29, 0.717) is 12.0 Å². The summed E-state index contributed by atoms with van der Waals surface area (Å²) in [7, 11) is 0. The molecule has 0 heterocycles. The van der Waals surface area contributed by atoms with Crippen LogP contribution < -0.4 is 0 Å². The summed E-state index contributed by atoms with van der Waals surface area (Å²) in [6, 6.07) is 5.93. The molecule has 0 saturated heterocycles. The van der Waals surface area contributed by atoms with Crippen molar-refractivity contribution in [2.75, 3.05) is 6.61 Å². The van der Waals surface area contributed by atoms with E-state index in [1.165, 1.54) is 12.1 Å². The maximum atomic E-state index is 12.2. The molecule has 74 valence electrons. The SMILES string of the molecule is OCCC#Cc1cccc(C(F)F)c1. The minimum Gasteiger partial charge on any atom is -0.395 e. The van der Waals surface area contributed by atoms with E-state index in [4.69, 9.17) is 5.11 Å². The van der Waals surface area contributed by atoms with E-state index in [9.17, 15) is 8.78 Å². The zero-order valence-electron chi connectivity index (χ0n) is 7.50. The van der Waals surface area contributed by atoms with Gasteiger partial charge in [0.25, 0.3) is 6.43 Å². The Morgan fingerprint density at radius 3 is 2.79 bits per heavy atom. The maximum absolute atomic E-state index is 12.2. The Morgan fingerprint density at radius 1 is 1.36 bits per heavy atom. The first-order valence-corrected chi connectivity index (χ1v) is 4.22. The van der Waals surface area contributed by atoms with Crippen molar-refractivity contribution in [3.63, 3.8) is 0 Å². The van der Waals surface area contributed by atoms with Crippen molar-refractivity contribution in [1.82, 2.24) is 0 Å². The molecule has 0 radical (unpaired) electrons. The standard InChI is InChI=1S/C11H10F2O/c12-11(13)10-6-3-5-9(8-10)4-1-2-7-14/h3,5-6,8,11,14H,2,7H2. The van der Waals surface area contributed by atoms with Gasteiger partial charge in [-0.3, -0.25) is 0 Å². The Balaban J connectivity index is 2.80. The Labute approximate surface area is 81.4 Å². The number of aliphatic hydroxyl groups excluding tert-OH is 1. The van der Waals surface area contributed by atoms with E-state index in [0.717, 1.165) is 0 Å². The van der Waals surface area contributed by atoms with Crippen LogP contribution >= 0.6 is 0 Å². The number of rotatable bonds is 2. The fourth-order valence-electron chi connectivity index (χ4n) is 0.973. The Morgan fingerprint density at radius 2 is 2.14 bits per heavy atom. The summed E-state index contributed by atoms with van der Waals surface area (Å²) in [4.78, 5) is 0. The second-order valence-electron chi connectivity index (χ2n) is 2.70. The van der Waals surface area contributed by atoms with Crippen molar-refractivity contribution in [3.8, 4) is 11.8 Å². The molecule has 0 aliphatic heterocycles. The largest absolute Gasteiger partial charge is 0.395 e. The lowest BCUT2D eigenvalue weighted by atomic mass is 10.1. The highest BCUT2D eigenvalue weighted by atomic mass is 19.3. The van der Waals surface area contributed by atoms with Gasteiger partial charge in [0.15, 0.2) is 0 Å². The van der Waals surface area contributed by atoms with E-state index in [1.54, 1.807) is 12.1 Å². The fourth-order valence-corrected chi connectivity index (χ4v) is 0.973. The minimum absolute atomic E-state index is 0.0124. The molecule has 0 amide bonds. The summed E-state index contributed by atoms with van der Waals surface area (Å²) in [5.41, 5.74) is 0.525. The van der Waals surface area contributed by atoms with Gasteiger partial charge >= 0.3 is 0 Å². The van der Waals surface area contributed by atoms with Crippen molar-refractivity contribution in [3.05, 3.63) is 35.4 Å². The Kier molecular flexibility index (Phi) is 4.09. The van der Waals surface area contributed by atoms with Crippen LogP contribution in [0.2, 0.25) is 0 Å². The van der Waals surface area contributed by atoms with Crippen molar-refractivity contribution >= 4 is 0 Å². The average molecular weight is 196 g/mol. The summed E-state index contributed by atoms with van der Waals surface area (Å²) in [5, 5.41) is 8.46. The number of hydrogen-bond acceptors (Lipinski definition) is 1. The molecule has 0 aromatic heterocycles. The zero-order valence-corrected chi connectivity index (χ0v) is 7.50. The summed E-state index contributed by atoms with van der Waals surface area (Å²) in [6.45, 7) is -0.0124. The maximum Gasteiger partial charge on any atom is 0.263 e. The van der Waals surface area contributed by atoms with Crippen molar-refractivity contribution in [2.45, 2.75) is 12.8 Å². The predicted octanol–water partition coefficient (Wildman–Crippen LogP) is 2.36. The summed E-state index contributed by atoms with van der Waals surface area (Å²) in [6.07, 6.45) is -2.10. The summed E-state index contributed by atoms with van der Waals surface area (Å²) in [5.74, 6) is 5.37. The van der Waals surface area contributed by atoms with Crippen LogP contribution in [0.25, 0.3) is 0 Å². The van der Waals surface area contributed by atoms with Gasteiger partial charge < -0.3 is 5.11 Å². The molecule has 0 aliphatic carbocycles. The van der Waals surface area contributed by atoms with Gasteiger partial charge in [-0.1, -0.05) is 24.0 Å². The Hall–Kier alpha value is -1.40. The normalized spacial score (nSPS) is 9.71. The molecular weight excluding hydrogens is 186 g/mol. The van der Waals surface area contributed by atoms with E-state index in [1.807, 2.05) is 0 Å². The molecule has 3 heteroatoms. The van der Waals surface area contributed by atoms with Crippen LogP contribution in [0, 0.1) is 11.8 Å². The zero-order chi connectivity index (χ0) is 10.4. The first-order chi connectivity index (χ1) is 6.74. The highest BCUT2D eigenvalue weighted by Gasteiger charge is 2.05. The first kappa shape index (κ1) is 10.7. The number of halogens is 2. The number of alkyl halides is 2. The van der Waals surface area contributed by atoms with Crippen molar-refractivity contribution in [2.24, 2.45) is 0 Å². The lowest BCUT2D eigenvalue weighted by molar-refractivity contribution is 0.151. The van der Waals surface area contributed by atoms with Crippen LogP contribution in [0.15, 0.2) is 24.3 Å². The van der Waals surface area contributed by atoms with Crippen LogP contribution in [0.5, 0.6) is 0 Å². The van der Waals surface area contributed by atoms with Gasteiger partial charge in [0, 0.05) is 17.5 Å². The molecule has 0 unspecified atom stereocenters. The smallest absolute Gasteiger partial charge is 0.263 e. The molecule has 1 aromatic rings. The fraction of sp³-hybridized carbons (Fsp3) is 0.273. The molecule has 1 rings (SSSR count). The van der Waals surface area contributed by atoms with Crippen LogP contribution in [0.1, 0.15) is 24.0 Å². The quantitative estimate of drug-likeness (QED) is 0.720. The van der Waals surface area contributed by atoms with Gasteiger partial charge in [0.2, 0.25) is 0 Å². The summed E-state index contributed by atoms with van der Waals surface area (Å²) >= 11 is 0. The second kappa shape index (κ2) is 5.36. The average Bonchev–Trinajstić information content (AvgIpc) is 2.19.